The lowest BCUT2D eigenvalue weighted by Gasteiger charge is -2.26. The summed E-state index contributed by atoms with van der Waals surface area (Å²) in [4.78, 5) is 16.1. The van der Waals surface area contributed by atoms with Crippen molar-refractivity contribution in [2.24, 2.45) is 0 Å². The predicted molar refractivity (Wildman–Crippen MR) is 68.7 cm³/mol. The number of amides is 1. The molecule has 2 atom stereocenters. The van der Waals surface area contributed by atoms with E-state index >= 15 is 0 Å². The van der Waals surface area contributed by atoms with Crippen LogP contribution in [0.25, 0.3) is 0 Å². The Morgan fingerprint density at radius 3 is 2.62 bits per heavy atom. The van der Waals surface area contributed by atoms with Gasteiger partial charge < -0.3 is 4.90 Å². The lowest BCUT2D eigenvalue weighted by atomic mass is 10.2. The maximum absolute atomic E-state index is 11.6. The third-order valence-corrected chi connectivity index (χ3v) is 4.70. The maximum atomic E-state index is 11.6. The lowest BCUT2D eigenvalue weighted by molar-refractivity contribution is -0.125. The molecular formula is C12H20N2OS. The second-order valence-electron chi connectivity index (χ2n) is 4.53. The Bertz CT molecular complexity index is 276. The van der Waals surface area contributed by atoms with Gasteiger partial charge in [-0.25, -0.2) is 0 Å². The van der Waals surface area contributed by atoms with E-state index in [1.165, 1.54) is 32.0 Å². The molecule has 2 aliphatic heterocycles. The van der Waals surface area contributed by atoms with Crippen molar-refractivity contribution in [3.8, 4) is 0 Å². The summed E-state index contributed by atoms with van der Waals surface area (Å²) in [7, 11) is 0. The van der Waals surface area contributed by atoms with E-state index < -0.39 is 0 Å². The Labute approximate surface area is 102 Å². The SMILES string of the molecule is C=CC(=O)N1CC(SC)C(N2CCCC2)C1. The molecule has 90 valence electrons. The van der Waals surface area contributed by atoms with Crippen molar-refractivity contribution in [2.75, 3.05) is 32.4 Å². The third kappa shape index (κ3) is 2.28. The van der Waals surface area contributed by atoms with Crippen LogP contribution in [0.2, 0.25) is 0 Å². The van der Waals surface area contributed by atoms with Crippen LogP contribution in [0.1, 0.15) is 12.8 Å². The number of likely N-dealkylation sites (tertiary alicyclic amines) is 2. The molecule has 0 spiro atoms. The van der Waals surface area contributed by atoms with Gasteiger partial charge in [-0.15, -0.1) is 0 Å². The van der Waals surface area contributed by atoms with Gasteiger partial charge in [0.2, 0.25) is 5.91 Å². The zero-order valence-corrected chi connectivity index (χ0v) is 10.7. The van der Waals surface area contributed by atoms with Crippen molar-refractivity contribution < 1.29 is 4.79 Å². The van der Waals surface area contributed by atoms with E-state index in [1.54, 1.807) is 0 Å². The van der Waals surface area contributed by atoms with E-state index in [4.69, 9.17) is 0 Å². The molecule has 2 saturated heterocycles. The van der Waals surface area contributed by atoms with Crippen LogP contribution in [0.3, 0.4) is 0 Å². The van der Waals surface area contributed by atoms with E-state index in [1.807, 2.05) is 16.7 Å². The first-order valence-electron chi connectivity index (χ1n) is 5.94. The molecule has 2 heterocycles. The van der Waals surface area contributed by atoms with E-state index in [0.717, 1.165) is 13.1 Å². The fourth-order valence-electron chi connectivity index (χ4n) is 2.72. The van der Waals surface area contributed by atoms with Gasteiger partial charge in [-0.1, -0.05) is 6.58 Å². The number of hydrogen-bond donors (Lipinski definition) is 0. The Kier molecular flexibility index (Phi) is 3.92. The quantitative estimate of drug-likeness (QED) is 0.693. The van der Waals surface area contributed by atoms with Crippen LogP contribution < -0.4 is 0 Å². The highest BCUT2D eigenvalue weighted by molar-refractivity contribution is 7.99. The molecule has 2 fully saturated rings. The summed E-state index contributed by atoms with van der Waals surface area (Å²) in [6, 6.07) is 0.557. The molecule has 0 N–H and O–H groups in total. The molecule has 2 aliphatic rings. The molecule has 0 aromatic heterocycles. The van der Waals surface area contributed by atoms with E-state index in [0.29, 0.717) is 11.3 Å². The molecule has 0 radical (unpaired) electrons. The summed E-state index contributed by atoms with van der Waals surface area (Å²) in [5.41, 5.74) is 0. The summed E-state index contributed by atoms with van der Waals surface area (Å²) in [5.74, 6) is 0.0840. The smallest absolute Gasteiger partial charge is 0.246 e. The maximum Gasteiger partial charge on any atom is 0.246 e. The molecular weight excluding hydrogens is 220 g/mol. The second kappa shape index (κ2) is 5.23. The van der Waals surface area contributed by atoms with Gasteiger partial charge in [0, 0.05) is 24.4 Å². The zero-order valence-electron chi connectivity index (χ0n) is 9.89. The van der Waals surface area contributed by atoms with Gasteiger partial charge in [0.1, 0.15) is 0 Å². The molecule has 1 amide bonds. The Morgan fingerprint density at radius 1 is 1.38 bits per heavy atom. The Balaban J connectivity index is 2.01. The first kappa shape index (κ1) is 12.0. The topological polar surface area (TPSA) is 23.6 Å². The van der Waals surface area contributed by atoms with Crippen LogP contribution in [0.15, 0.2) is 12.7 Å². The summed E-state index contributed by atoms with van der Waals surface area (Å²) in [5, 5.41) is 0.571. The molecule has 4 heteroatoms. The average Bonchev–Trinajstić information content (AvgIpc) is 2.95. The minimum atomic E-state index is 0.0840. The number of nitrogens with zero attached hydrogens (tertiary/aromatic N) is 2. The number of carbonyl (C=O) groups excluding carboxylic acids is 1. The Hall–Kier alpha value is -0.480. The van der Waals surface area contributed by atoms with Gasteiger partial charge in [-0.05, 0) is 38.3 Å². The van der Waals surface area contributed by atoms with Gasteiger partial charge in [-0.2, -0.15) is 11.8 Å². The molecule has 2 unspecified atom stereocenters. The summed E-state index contributed by atoms with van der Waals surface area (Å²) >= 11 is 1.89. The van der Waals surface area contributed by atoms with Crippen LogP contribution in [-0.2, 0) is 4.79 Å². The molecule has 3 nitrogen and oxygen atoms in total. The molecule has 2 rings (SSSR count). The first-order valence-corrected chi connectivity index (χ1v) is 7.23. The molecule has 0 aliphatic carbocycles. The van der Waals surface area contributed by atoms with Crippen LogP contribution >= 0.6 is 11.8 Å². The van der Waals surface area contributed by atoms with Gasteiger partial charge in [-0.3, -0.25) is 9.69 Å². The number of carbonyl (C=O) groups is 1. The average molecular weight is 240 g/mol. The fraction of sp³-hybridized carbons (Fsp3) is 0.750. The highest BCUT2D eigenvalue weighted by atomic mass is 32.2. The highest BCUT2D eigenvalue weighted by Gasteiger charge is 2.38. The van der Waals surface area contributed by atoms with E-state index in [2.05, 4.69) is 17.7 Å². The normalized spacial score (nSPS) is 30.9. The number of hydrogen-bond acceptors (Lipinski definition) is 3. The minimum Gasteiger partial charge on any atom is -0.336 e. The van der Waals surface area contributed by atoms with Crippen molar-refractivity contribution in [3.05, 3.63) is 12.7 Å². The first-order chi connectivity index (χ1) is 7.76. The summed E-state index contributed by atoms with van der Waals surface area (Å²) in [6.45, 7) is 7.75. The second-order valence-corrected chi connectivity index (χ2v) is 5.61. The predicted octanol–water partition coefficient (Wildman–Crippen LogP) is 1.21. The van der Waals surface area contributed by atoms with Gasteiger partial charge in [0.25, 0.3) is 0 Å². The van der Waals surface area contributed by atoms with Crippen molar-refractivity contribution in [1.82, 2.24) is 9.80 Å². The number of thioether (sulfide) groups is 1. The van der Waals surface area contributed by atoms with Gasteiger partial charge in [0.15, 0.2) is 0 Å². The zero-order chi connectivity index (χ0) is 11.5. The fourth-order valence-corrected chi connectivity index (χ4v) is 3.62. The molecule has 0 saturated carbocycles. The van der Waals surface area contributed by atoms with Crippen LogP contribution in [0, 0.1) is 0 Å². The van der Waals surface area contributed by atoms with Crippen LogP contribution in [0.5, 0.6) is 0 Å². The third-order valence-electron chi connectivity index (χ3n) is 3.64. The Morgan fingerprint density at radius 2 is 2.06 bits per heavy atom. The summed E-state index contributed by atoms with van der Waals surface area (Å²) < 4.78 is 0. The lowest BCUT2D eigenvalue weighted by Crippen LogP contribution is -2.40. The van der Waals surface area contributed by atoms with E-state index in [9.17, 15) is 4.79 Å². The largest absolute Gasteiger partial charge is 0.336 e. The van der Waals surface area contributed by atoms with E-state index in [-0.39, 0.29) is 5.91 Å². The number of rotatable bonds is 3. The molecule has 0 aromatic carbocycles. The highest BCUT2D eigenvalue weighted by Crippen LogP contribution is 2.27. The van der Waals surface area contributed by atoms with Gasteiger partial charge in [0.05, 0.1) is 0 Å². The van der Waals surface area contributed by atoms with Crippen molar-refractivity contribution in [3.63, 3.8) is 0 Å². The van der Waals surface area contributed by atoms with Crippen molar-refractivity contribution in [2.45, 2.75) is 24.1 Å². The molecule has 16 heavy (non-hydrogen) atoms. The summed E-state index contributed by atoms with van der Waals surface area (Å²) in [6.07, 6.45) is 6.21. The minimum absolute atomic E-state index is 0.0840. The van der Waals surface area contributed by atoms with Crippen LogP contribution in [0.4, 0.5) is 0 Å². The standard InChI is InChI=1S/C12H20N2OS/c1-3-12(15)14-8-10(11(9-14)16-2)13-6-4-5-7-13/h3,10-11H,1,4-9H2,2H3. The molecule has 0 bridgehead atoms. The van der Waals surface area contributed by atoms with Crippen LogP contribution in [-0.4, -0.2) is 59.4 Å². The van der Waals surface area contributed by atoms with Crippen molar-refractivity contribution in [1.29, 1.82) is 0 Å². The van der Waals surface area contributed by atoms with Crippen molar-refractivity contribution >= 4 is 17.7 Å². The molecule has 0 aromatic rings. The monoisotopic (exact) mass is 240 g/mol. The van der Waals surface area contributed by atoms with Gasteiger partial charge >= 0.3 is 0 Å².